The van der Waals surface area contributed by atoms with Crippen LogP contribution in [0.2, 0.25) is 0 Å². The molecule has 1 saturated heterocycles. The Morgan fingerprint density at radius 1 is 1.21 bits per heavy atom. The maximum absolute atomic E-state index is 13.5. The number of fused-ring (bicyclic) bond motifs is 1. The molecule has 2 fully saturated rings. The van der Waals surface area contributed by atoms with Crippen LogP contribution in [0.25, 0.3) is 16.9 Å². The van der Waals surface area contributed by atoms with Crippen molar-refractivity contribution < 1.29 is 23.2 Å². The first-order valence-corrected chi connectivity index (χ1v) is 14.0. The van der Waals surface area contributed by atoms with E-state index in [4.69, 9.17) is 9.26 Å². The molecular weight excluding hydrogens is 541 g/mol. The van der Waals surface area contributed by atoms with Gasteiger partial charge in [0.2, 0.25) is 11.7 Å². The van der Waals surface area contributed by atoms with Crippen LogP contribution in [-0.2, 0) is 4.74 Å². The van der Waals surface area contributed by atoms with Gasteiger partial charge in [0.1, 0.15) is 11.8 Å². The summed E-state index contributed by atoms with van der Waals surface area (Å²) in [5.74, 6) is 0.0141. The molecule has 2 aliphatic rings. The summed E-state index contributed by atoms with van der Waals surface area (Å²) in [5.41, 5.74) is 3.58. The van der Waals surface area contributed by atoms with Crippen LogP contribution in [0.3, 0.4) is 0 Å². The van der Waals surface area contributed by atoms with Crippen LogP contribution >= 0.6 is 0 Å². The monoisotopic (exact) mass is 575 g/mol. The fourth-order valence-electron chi connectivity index (χ4n) is 5.12. The number of anilines is 2. The second-order valence-electron chi connectivity index (χ2n) is 12.1. The number of ether oxygens (including phenoxy) is 1. The van der Waals surface area contributed by atoms with Gasteiger partial charge in [-0.25, -0.2) is 13.7 Å². The predicted octanol–water partition coefficient (Wildman–Crippen LogP) is 5.22. The van der Waals surface area contributed by atoms with Crippen molar-refractivity contribution in [3.63, 3.8) is 0 Å². The van der Waals surface area contributed by atoms with E-state index in [1.807, 2.05) is 58.2 Å². The lowest BCUT2D eigenvalue weighted by Crippen LogP contribution is -2.42. The average Bonchev–Trinajstić information content (AvgIpc) is 3.37. The maximum atomic E-state index is 13.5. The van der Waals surface area contributed by atoms with Crippen molar-refractivity contribution in [1.29, 1.82) is 0 Å². The Hall–Kier alpha value is -4.48. The van der Waals surface area contributed by atoms with E-state index in [9.17, 15) is 14.0 Å². The van der Waals surface area contributed by atoms with Crippen molar-refractivity contribution in [2.75, 3.05) is 30.4 Å². The van der Waals surface area contributed by atoms with Gasteiger partial charge < -0.3 is 24.4 Å². The van der Waals surface area contributed by atoms with Crippen LogP contribution in [0, 0.1) is 6.92 Å². The average molecular weight is 576 g/mol. The van der Waals surface area contributed by atoms with E-state index in [0.717, 1.165) is 24.2 Å². The SMILES string of the molecule is Cc1ccc(-c2noc([C@H]3C[C@@H]3F)n2)cc1NC(=O)c1cnn2ccc(N3CC[C@H](N(C)C(=O)OC(C)(C)C)C3)cc12. The van der Waals surface area contributed by atoms with Gasteiger partial charge in [0, 0.05) is 43.3 Å². The quantitative estimate of drug-likeness (QED) is 0.333. The van der Waals surface area contributed by atoms with Gasteiger partial charge in [0.15, 0.2) is 0 Å². The first-order valence-electron chi connectivity index (χ1n) is 14.0. The number of benzene rings is 1. The summed E-state index contributed by atoms with van der Waals surface area (Å²) in [6, 6.07) is 9.39. The van der Waals surface area contributed by atoms with E-state index in [1.165, 1.54) is 0 Å². The zero-order valence-corrected chi connectivity index (χ0v) is 24.3. The van der Waals surface area contributed by atoms with Crippen LogP contribution in [-0.4, -0.2) is 74.6 Å². The number of hydrogen-bond donors (Lipinski definition) is 1. The molecule has 1 aliphatic carbocycles. The minimum atomic E-state index is -0.928. The fourth-order valence-corrected chi connectivity index (χ4v) is 5.12. The normalized spacial score (nSPS) is 20.1. The van der Waals surface area contributed by atoms with Crippen molar-refractivity contribution in [1.82, 2.24) is 24.7 Å². The molecule has 2 amide bonds. The number of aromatic nitrogens is 4. The Balaban J connectivity index is 1.18. The highest BCUT2D eigenvalue weighted by atomic mass is 19.1. The summed E-state index contributed by atoms with van der Waals surface area (Å²) in [4.78, 5) is 34.2. The van der Waals surface area contributed by atoms with Crippen LogP contribution in [0.5, 0.6) is 0 Å². The van der Waals surface area contributed by atoms with Gasteiger partial charge in [-0.15, -0.1) is 0 Å². The fraction of sp³-hybridized carbons (Fsp3) is 0.433. The van der Waals surface area contributed by atoms with E-state index in [1.54, 1.807) is 28.7 Å². The van der Waals surface area contributed by atoms with Crippen molar-refractivity contribution >= 4 is 28.9 Å². The molecule has 3 atom stereocenters. The number of aryl methyl sites for hydroxylation is 1. The maximum Gasteiger partial charge on any atom is 0.410 e. The molecule has 1 aliphatic heterocycles. The summed E-state index contributed by atoms with van der Waals surface area (Å²) < 4.78 is 25.9. The number of amides is 2. The molecule has 42 heavy (non-hydrogen) atoms. The standard InChI is InChI=1S/C30H34FN7O4/c1-17-6-7-18(26-34-28(42-35-26)21-14-23(21)31)12-24(17)33-27(39)22-15-32-38-11-9-19(13-25(22)38)37-10-8-20(16-37)36(5)29(40)41-30(2,3)4/h6-7,9,11-13,15,20-21,23H,8,10,14,16H2,1-5H3,(H,33,39)/t20-,21-,23-/m0/s1. The van der Waals surface area contributed by atoms with Crippen molar-refractivity contribution in [3.8, 4) is 11.4 Å². The smallest absolute Gasteiger partial charge is 0.410 e. The summed E-state index contributed by atoms with van der Waals surface area (Å²) >= 11 is 0. The highest BCUT2D eigenvalue weighted by Gasteiger charge is 2.43. The molecule has 4 aromatic rings. The third kappa shape index (κ3) is 5.53. The molecular formula is C30H34FN7O4. The Morgan fingerprint density at radius 2 is 2.00 bits per heavy atom. The molecule has 3 aromatic heterocycles. The molecule has 1 N–H and O–H groups in total. The number of likely N-dealkylation sites (N-methyl/N-ethyl adjacent to an activating group) is 1. The molecule has 0 bridgehead atoms. The third-order valence-electron chi connectivity index (χ3n) is 7.72. The second kappa shape index (κ2) is 10.4. The number of hydrogen-bond acceptors (Lipinski definition) is 8. The topological polar surface area (TPSA) is 118 Å². The number of pyridine rings is 1. The summed E-state index contributed by atoms with van der Waals surface area (Å²) in [7, 11) is 1.77. The lowest BCUT2D eigenvalue weighted by molar-refractivity contribution is 0.0237. The summed E-state index contributed by atoms with van der Waals surface area (Å²) in [6.07, 6.45) is 3.32. The Kier molecular flexibility index (Phi) is 6.86. The molecule has 220 valence electrons. The molecule has 1 saturated carbocycles. The molecule has 6 rings (SSSR count). The second-order valence-corrected chi connectivity index (χ2v) is 12.1. The largest absolute Gasteiger partial charge is 0.444 e. The zero-order chi connectivity index (χ0) is 29.8. The minimum Gasteiger partial charge on any atom is -0.444 e. The Bertz CT molecular complexity index is 1660. The van der Waals surface area contributed by atoms with E-state index in [2.05, 4.69) is 25.5 Å². The number of nitrogens with zero attached hydrogens (tertiary/aromatic N) is 6. The molecule has 0 radical (unpaired) electrons. The van der Waals surface area contributed by atoms with Gasteiger partial charge >= 0.3 is 6.09 Å². The molecule has 12 heteroatoms. The lowest BCUT2D eigenvalue weighted by Gasteiger charge is -2.28. The number of halogens is 1. The van der Waals surface area contributed by atoms with Crippen molar-refractivity contribution in [2.45, 2.75) is 64.3 Å². The number of carbonyl (C=O) groups is 2. The number of alkyl halides is 1. The van der Waals surface area contributed by atoms with E-state index in [0.29, 0.717) is 47.0 Å². The molecule has 1 aromatic carbocycles. The summed E-state index contributed by atoms with van der Waals surface area (Å²) in [6.45, 7) is 8.87. The van der Waals surface area contributed by atoms with E-state index < -0.39 is 11.8 Å². The van der Waals surface area contributed by atoms with Gasteiger partial charge in [-0.1, -0.05) is 17.3 Å². The highest BCUT2D eigenvalue weighted by molar-refractivity contribution is 6.09. The van der Waals surface area contributed by atoms with E-state index >= 15 is 0 Å². The first-order chi connectivity index (χ1) is 20.0. The molecule has 0 unspecified atom stereocenters. The Labute approximate surface area is 242 Å². The zero-order valence-electron chi connectivity index (χ0n) is 24.3. The number of carbonyl (C=O) groups excluding carboxylic acids is 2. The lowest BCUT2D eigenvalue weighted by atomic mass is 10.1. The number of nitrogens with one attached hydrogen (secondary N) is 1. The highest BCUT2D eigenvalue weighted by Crippen LogP contribution is 2.43. The first kappa shape index (κ1) is 27.7. The van der Waals surface area contributed by atoms with Gasteiger partial charge in [-0.2, -0.15) is 10.1 Å². The predicted molar refractivity (Wildman–Crippen MR) is 154 cm³/mol. The van der Waals surface area contributed by atoms with Gasteiger partial charge in [0.05, 0.1) is 29.2 Å². The van der Waals surface area contributed by atoms with Crippen LogP contribution in [0.15, 0.2) is 47.2 Å². The van der Waals surface area contributed by atoms with Gasteiger partial charge in [-0.3, -0.25) is 4.79 Å². The van der Waals surface area contributed by atoms with Crippen molar-refractivity contribution in [2.24, 2.45) is 0 Å². The van der Waals surface area contributed by atoms with Gasteiger partial charge in [0.25, 0.3) is 5.91 Å². The minimum absolute atomic E-state index is 0.0111. The van der Waals surface area contributed by atoms with Gasteiger partial charge in [-0.05, 0) is 64.3 Å². The van der Waals surface area contributed by atoms with Crippen molar-refractivity contribution in [3.05, 3.63) is 59.7 Å². The van der Waals surface area contributed by atoms with Crippen LogP contribution in [0.4, 0.5) is 20.6 Å². The molecule has 4 heterocycles. The summed E-state index contributed by atoms with van der Waals surface area (Å²) in [5, 5.41) is 11.4. The van der Waals surface area contributed by atoms with E-state index in [-0.39, 0.29) is 24.0 Å². The Morgan fingerprint density at radius 3 is 2.74 bits per heavy atom. The number of rotatable bonds is 6. The third-order valence-corrected chi connectivity index (χ3v) is 7.72. The molecule has 0 spiro atoms. The van der Waals surface area contributed by atoms with Crippen LogP contribution < -0.4 is 10.2 Å². The van der Waals surface area contributed by atoms with Crippen LogP contribution in [0.1, 0.15) is 61.3 Å². The molecule has 11 nitrogen and oxygen atoms in total.